The molecule has 1 saturated heterocycles. The number of amides is 1. The van der Waals surface area contributed by atoms with Crippen LogP contribution < -0.4 is 20.3 Å². The van der Waals surface area contributed by atoms with E-state index in [0.717, 1.165) is 37.1 Å². The highest BCUT2D eigenvalue weighted by molar-refractivity contribution is 8.25. The summed E-state index contributed by atoms with van der Waals surface area (Å²) in [6, 6.07) is 14.7. The third-order valence-corrected chi connectivity index (χ3v) is 8.50. The molecule has 1 heterocycles. The van der Waals surface area contributed by atoms with Gasteiger partial charge in [0, 0.05) is 30.9 Å². The Hall–Kier alpha value is -2.01. The lowest BCUT2D eigenvalue weighted by Crippen LogP contribution is -2.49. The van der Waals surface area contributed by atoms with Gasteiger partial charge in [-0.05, 0) is 68.8 Å². The van der Waals surface area contributed by atoms with Crippen molar-refractivity contribution in [2.24, 2.45) is 5.92 Å². The van der Waals surface area contributed by atoms with Crippen molar-refractivity contribution in [3.05, 3.63) is 59.7 Å². The predicted molar refractivity (Wildman–Crippen MR) is 162 cm³/mol. The first kappa shape index (κ1) is 32.2. The van der Waals surface area contributed by atoms with E-state index in [1.807, 2.05) is 43.3 Å². The molecule has 8 nitrogen and oxygen atoms in total. The van der Waals surface area contributed by atoms with Gasteiger partial charge in [-0.15, -0.1) is 23.2 Å². The first-order valence-electron chi connectivity index (χ1n) is 13.4. The monoisotopic (exact) mass is 568 g/mol. The number of nitrogens with one attached hydrogen (secondary N) is 3. The Balaban J connectivity index is 0.00000507. The number of hydrogen-bond acceptors (Lipinski definition) is 7. The third kappa shape index (κ3) is 9.63. The number of benzene rings is 2. The van der Waals surface area contributed by atoms with E-state index in [9.17, 15) is 19.0 Å². The molecular formula is C28H45ClN4O4S. The van der Waals surface area contributed by atoms with Gasteiger partial charge in [-0.2, -0.15) is 0 Å². The Kier molecular flexibility index (Phi) is 13.2. The molecule has 6 N–H and O–H groups in total. The minimum Gasteiger partial charge on any atom is -0.390 e. The lowest BCUT2D eigenvalue weighted by Gasteiger charge is -2.47. The first-order valence-corrected chi connectivity index (χ1v) is 15.0. The van der Waals surface area contributed by atoms with Crippen LogP contribution in [0, 0.1) is 5.92 Å². The van der Waals surface area contributed by atoms with E-state index < -0.39 is 22.9 Å². The second kappa shape index (κ2) is 15.5. The molecule has 3 rings (SSSR count). The minimum absolute atomic E-state index is 0. The second-order valence-corrected chi connectivity index (χ2v) is 12.3. The number of halogens is 1. The van der Waals surface area contributed by atoms with Gasteiger partial charge in [0.05, 0.1) is 23.6 Å². The number of hydrogen-bond donors (Lipinski definition) is 6. The van der Waals surface area contributed by atoms with Crippen LogP contribution in [0.15, 0.2) is 48.5 Å². The highest BCUT2D eigenvalue weighted by atomic mass is 35.5. The van der Waals surface area contributed by atoms with Crippen molar-refractivity contribution in [1.82, 2.24) is 10.6 Å². The summed E-state index contributed by atoms with van der Waals surface area (Å²) in [6.45, 7) is 8.66. The lowest BCUT2D eigenvalue weighted by molar-refractivity contribution is 0.0830. The zero-order valence-electron chi connectivity index (χ0n) is 22.7. The van der Waals surface area contributed by atoms with Crippen LogP contribution in [-0.2, 0) is 6.42 Å². The Morgan fingerprint density at radius 2 is 1.84 bits per heavy atom. The Bertz CT molecular complexity index is 996. The van der Waals surface area contributed by atoms with Crippen LogP contribution in [0.2, 0.25) is 0 Å². The van der Waals surface area contributed by atoms with Gasteiger partial charge >= 0.3 is 0 Å². The molecule has 214 valence electrons. The average Bonchev–Trinajstić information content (AvgIpc) is 2.86. The van der Waals surface area contributed by atoms with Gasteiger partial charge in [0.1, 0.15) is 0 Å². The lowest BCUT2D eigenvalue weighted by atomic mass is 10.00. The maximum Gasteiger partial charge on any atom is 0.251 e. The van der Waals surface area contributed by atoms with Gasteiger partial charge in [-0.25, -0.2) is 0 Å². The predicted octanol–water partition coefficient (Wildman–Crippen LogP) is 5.14. The molecule has 0 spiro atoms. The Labute approximate surface area is 235 Å². The first-order chi connectivity index (χ1) is 17.7. The number of anilines is 2. The van der Waals surface area contributed by atoms with Crippen molar-refractivity contribution in [1.29, 1.82) is 0 Å². The summed E-state index contributed by atoms with van der Waals surface area (Å²) in [6.07, 6.45) is 2.35. The van der Waals surface area contributed by atoms with Gasteiger partial charge in [0.15, 0.2) is 0 Å². The number of aliphatic hydroxyl groups excluding tert-OH is 1. The molecule has 1 aliphatic heterocycles. The normalized spacial score (nSPS) is 17.3. The molecule has 0 bridgehead atoms. The Morgan fingerprint density at radius 1 is 1.11 bits per heavy atom. The van der Waals surface area contributed by atoms with E-state index in [2.05, 4.69) is 29.8 Å². The highest BCUT2D eigenvalue weighted by Crippen LogP contribution is 2.50. The molecule has 1 fully saturated rings. The molecule has 0 aromatic heterocycles. The van der Waals surface area contributed by atoms with Crippen LogP contribution >= 0.6 is 23.2 Å². The fourth-order valence-corrected chi connectivity index (χ4v) is 6.16. The van der Waals surface area contributed by atoms with Crippen LogP contribution in [-0.4, -0.2) is 64.2 Å². The molecule has 0 radical (unpaired) electrons. The summed E-state index contributed by atoms with van der Waals surface area (Å²) in [5, 5.41) is 20.7. The van der Waals surface area contributed by atoms with E-state index in [1.165, 1.54) is 0 Å². The molecule has 0 saturated carbocycles. The van der Waals surface area contributed by atoms with Crippen LogP contribution in [0.1, 0.15) is 56.0 Å². The summed E-state index contributed by atoms with van der Waals surface area (Å²) >= 11 is 0. The van der Waals surface area contributed by atoms with Crippen LogP contribution in [0.3, 0.4) is 0 Å². The zero-order chi connectivity index (χ0) is 26.8. The molecule has 0 aliphatic carbocycles. The second-order valence-electron chi connectivity index (χ2n) is 10.2. The fourth-order valence-electron chi connectivity index (χ4n) is 4.48. The summed E-state index contributed by atoms with van der Waals surface area (Å²) in [7, 11) is -2.92. The van der Waals surface area contributed by atoms with E-state index in [1.54, 1.807) is 16.4 Å². The van der Waals surface area contributed by atoms with E-state index >= 15 is 0 Å². The van der Waals surface area contributed by atoms with Gasteiger partial charge in [-0.1, -0.05) is 44.2 Å². The smallest absolute Gasteiger partial charge is 0.251 e. The van der Waals surface area contributed by atoms with Gasteiger partial charge in [-0.3, -0.25) is 18.2 Å². The summed E-state index contributed by atoms with van der Waals surface area (Å²) in [5.74, 6) is 0.590. The number of nitrogens with zero attached hydrogens (tertiary/aromatic N) is 1. The summed E-state index contributed by atoms with van der Waals surface area (Å²) in [5.41, 5.74) is 2.78. The molecule has 2 aromatic rings. The molecule has 0 unspecified atom stereocenters. The fraction of sp³-hybridized carbons (Fsp3) is 0.536. The molecule has 2 aromatic carbocycles. The highest BCUT2D eigenvalue weighted by Gasteiger charge is 2.28. The topological polar surface area (TPSA) is 117 Å². The maximum atomic E-state index is 13.5. The number of carbonyl (C=O) groups excluding carboxylic acids is 1. The zero-order valence-corrected chi connectivity index (χ0v) is 24.4. The van der Waals surface area contributed by atoms with E-state index in [0.29, 0.717) is 49.0 Å². The molecule has 1 amide bonds. The van der Waals surface area contributed by atoms with Gasteiger partial charge in [0.25, 0.3) is 5.91 Å². The van der Waals surface area contributed by atoms with Gasteiger partial charge in [0.2, 0.25) is 0 Å². The van der Waals surface area contributed by atoms with Crippen LogP contribution in [0.4, 0.5) is 11.4 Å². The van der Waals surface area contributed by atoms with Crippen molar-refractivity contribution in [2.75, 3.05) is 41.6 Å². The van der Waals surface area contributed by atoms with Gasteiger partial charge < -0.3 is 21.1 Å². The third-order valence-electron chi connectivity index (χ3n) is 6.56. The van der Waals surface area contributed by atoms with Crippen LogP contribution in [0.25, 0.3) is 0 Å². The maximum absolute atomic E-state index is 13.5. The van der Waals surface area contributed by atoms with E-state index in [-0.39, 0.29) is 18.3 Å². The van der Waals surface area contributed by atoms with Crippen molar-refractivity contribution in [2.45, 2.75) is 58.6 Å². The minimum atomic E-state index is -2.92. The number of carbonyl (C=O) groups is 1. The SMILES string of the molecule is CCNc1cc(C(=O)N[C@@H](Cc2ccccc2)[C@@H](O)CNCCC(C)C)cc(N2CCCCS2(O)O)c1.Cl. The van der Waals surface area contributed by atoms with Crippen molar-refractivity contribution in [3.8, 4) is 0 Å². The van der Waals surface area contributed by atoms with Crippen molar-refractivity contribution < 1.29 is 19.0 Å². The van der Waals surface area contributed by atoms with Crippen molar-refractivity contribution in [3.63, 3.8) is 0 Å². The van der Waals surface area contributed by atoms with Crippen molar-refractivity contribution >= 4 is 40.5 Å². The molecular weight excluding hydrogens is 524 g/mol. The van der Waals surface area contributed by atoms with E-state index in [4.69, 9.17) is 0 Å². The molecule has 38 heavy (non-hydrogen) atoms. The molecule has 2 atom stereocenters. The summed E-state index contributed by atoms with van der Waals surface area (Å²) in [4.78, 5) is 13.5. The Morgan fingerprint density at radius 3 is 2.50 bits per heavy atom. The standard InChI is InChI=1S/C28H44N4O4S.ClH/c1-4-30-24-17-23(18-25(19-24)32-14-8-9-15-37(32,35)36)28(34)31-26(16-22-10-6-5-7-11-22)27(33)20-29-13-12-21(2)3;/h5-7,10-11,17-19,21,26-27,29-30,33,35-36H,4,8-9,12-16,20H2,1-3H3,(H,31,34);1H/t26-,27-;/m0./s1. The van der Waals surface area contributed by atoms with Crippen LogP contribution in [0.5, 0.6) is 0 Å². The molecule has 1 aliphatic rings. The average molecular weight is 569 g/mol. The number of rotatable bonds is 13. The summed E-state index contributed by atoms with van der Waals surface area (Å²) < 4.78 is 23.0. The largest absolute Gasteiger partial charge is 0.390 e. The number of aliphatic hydroxyl groups is 1. The molecule has 10 heteroatoms. The quantitative estimate of drug-likeness (QED) is 0.185.